The molecule has 0 saturated heterocycles. The molecule has 0 aliphatic carbocycles. The van der Waals surface area contributed by atoms with E-state index in [4.69, 9.17) is 4.74 Å². The number of amides is 1. The standard InChI is InChI=1S/C15H16N4O2/c1-9-8-17-15(16-2)19-14(9)21-11-4-5-12-10(7-11)3-6-13(20)18-12/h4-5,7-8H,3,6H2,1-2H3,(H,18,20)(H,16,17,19). The molecule has 2 heterocycles. The summed E-state index contributed by atoms with van der Waals surface area (Å²) in [5.74, 6) is 1.80. The van der Waals surface area contributed by atoms with Gasteiger partial charge in [0, 0.05) is 30.9 Å². The van der Waals surface area contributed by atoms with Crippen molar-refractivity contribution in [1.82, 2.24) is 9.97 Å². The van der Waals surface area contributed by atoms with E-state index < -0.39 is 0 Å². The predicted molar refractivity (Wildman–Crippen MR) is 79.8 cm³/mol. The predicted octanol–water partition coefficient (Wildman–Crippen LogP) is 2.50. The van der Waals surface area contributed by atoms with Crippen LogP contribution >= 0.6 is 0 Å². The molecule has 0 radical (unpaired) electrons. The van der Waals surface area contributed by atoms with E-state index in [1.54, 1.807) is 13.2 Å². The summed E-state index contributed by atoms with van der Waals surface area (Å²) in [5, 5.41) is 5.74. The molecule has 1 aromatic carbocycles. The number of nitrogens with one attached hydrogen (secondary N) is 2. The summed E-state index contributed by atoms with van der Waals surface area (Å²) in [4.78, 5) is 19.8. The fourth-order valence-corrected chi connectivity index (χ4v) is 2.19. The van der Waals surface area contributed by atoms with Crippen LogP contribution in [0, 0.1) is 6.92 Å². The van der Waals surface area contributed by atoms with E-state index in [0.717, 1.165) is 23.2 Å². The summed E-state index contributed by atoms with van der Waals surface area (Å²) in [7, 11) is 1.76. The fourth-order valence-electron chi connectivity index (χ4n) is 2.19. The molecular formula is C15H16N4O2. The first-order valence-electron chi connectivity index (χ1n) is 6.78. The monoisotopic (exact) mass is 284 g/mol. The number of carbonyl (C=O) groups is 1. The van der Waals surface area contributed by atoms with Gasteiger partial charge in [0.1, 0.15) is 5.75 Å². The summed E-state index contributed by atoms with van der Waals surface area (Å²) in [6, 6.07) is 5.62. The Bertz CT molecular complexity index is 700. The molecule has 21 heavy (non-hydrogen) atoms. The van der Waals surface area contributed by atoms with E-state index in [2.05, 4.69) is 20.6 Å². The minimum absolute atomic E-state index is 0.0569. The van der Waals surface area contributed by atoms with Gasteiger partial charge in [0.25, 0.3) is 0 Å². The zero-order valence-corrected chi connectivity index (χ0v) is 11.9. The zero-order chi connectivity index (χ0) is 14.8. The Morgan fingerprint density at radius 3 is 3.00 bits per heavy atom. The van der Waals surface area contributed by atoms with Gasteiger partial charge in [0.2, 0.25) is 17.7 Å². The highest BCUT2D eigenvalue weighted by molar-refractivity contribution is 5.94. The molecule has 3 rings (SSSR count). The Morgan fingerprint density at radius 2 is 2.19 bits per heavy atom. The average molecular weight is 284 g/mol. The number of rotatable bonds is 3. The number of anilines is 2. The molecule has 0 spiro atoms. The largest absolute Gasteiger partial charge is 0.439 e. The SMILES string of the molecule is CNc1ncc(C)c(Oc2ccc3c(c2)CCC(=O)N3)n1. The number of benzene rings is 1. The van der Waals surface area contributed by atoms with Gasteiger partial charge in [0.05, 0.1) is 0 Å². The average Bonchev–Trinajstić information content (AvgIpc) is 2.49. The molecule has 1 aliphatic heterocycles. The lowest BCUT2D eigenvalue weighted by molar-refractivity contribution is -0.116. The Balaban J connectivity index is 1.87. The number of fused-ring (bicyclic) bond motifs is 1. The molecule has 2 aromatic rings. The van der Waals surface area contributed by atoms with Gasteiger partial charge in [-0.1, -0.05) is 0 Å². The first-order valence-corrected chi connectivity index (χ1v) is 6.78. The first kappa shape index (κ1) is 13.4. The third-order valence-electron chi connectivity index (χ3n) is 3.34. The molecule has 0 fully saturated rings. The molecule has 2 N–H and O–H groups in total. The number of hydrogen-bond acceptors (Lipinski definition) is 5. The maximum absolute atomic E-state index is 11.4. The number of aryl methyl sites for hydroxylation is 2. The lowest BCUT2D eigenvalue weighted by Crippen LogP contribution is -2.18. The zero-order valence-electron chi connectivity index (χ0n) is 11.9. The number of carbonyl (C=O) groups excluding carboxylic acids is 1. The van der Waals surface area contributed by atoms with Gasteiger partial charge in [-0.05, 0) is 37.1 Å². The van der Waals surface area contributed by atoms with Crippen molar-refractivity contribution in [3.8, 4) is 11.6 Å². The van der Waals surface area contributed by atoms with Gasteiger partial charge in [-0.15, -0.1) is 0 Å². The topological polar surface area (TPSA) is 76.1 Å². The van der Waals surface area contributed by atoms with Crippen LogP contribution in [0.15, 0.2) is 24.4 Å². The lowest BCUT2D eigenvalue weighted by Gasteiger charge is -2.17. The van der Waals surface area contributed by atoms with Crippen molar-refractivity contribution >= 4 is 17.5 Å². The second-order valence-corrected chi connectivity index (χ2v) is 4.90. The van der Waals surface area contributed by atoms with Crippen molar-refractivity contribution in [2.24, 2.45) is 0 Å². The summed E-state index contributed by atoms with van der Waals surface area (Å²) >= 11 is 0. The van der Waals surface area contributed by atoms with Crippen LogP contribution in [0.25, 0.3) is 0 Å². The second-order valence-electron chi connectivity index (χ2n) is 4.90. The maximum Gasteiger partial charge on any atom is 0.226 e. The summed E-state index contributed by atoms with van der Waals surface area (Å²) < 4.78 is 5.84. The van der Waals surface area contributed by atoms with Crippen LogP contribution in [0.1, 0.15) is 17.5 Å². The molecule has 0 bridgehead atoms. The highest BCUT2D eigenvalue weighted by Gasteiger charge is 2.15. The molecular weight excluding hydrogens is 268 g/mol. The van der Waals surface area contributed by atoms with Gasteiger partial charge in [0.15, 0.2) is 0 Å². The van der Waals surface area contributed by atoms with Crippen molar-refractivity contribution < 1.29 is 9.53 Å². The number of nitrogens with zero attached hydrogens (tertiary/aromatic N) is 2. The van der Waals surface area contributed by atoms with Crippen LogP contribution in [-0.4, -0.2) is 22.9 Å². The van der Waals surface area contributed by atoms with Gasteiger partial charge < -0.3 is 15.4 Å². The molecule has 108 valence electrons. The van der Waals surface area contributed by atoms with Crippen LogP contribution < -0.4 is 15.4 Å². The van der Waals surface area contributed by atoms with E-state index in [9.17, 15) is 4.79 Å². The molecule has 6 heteroatoms. The van der Waals surface area contributed by atoms with E-state index >= 15 is 0 Å². The highest BCUT2D eigenvalue weighted by atomic mass is 16.5. The van der Waals surface area contributed by atoms with Crippen molar-refractivity contribution in [3.63, 3.8) is 0 Å². The minimum atomic E-state index is 0.0569. The van der Waals surface area contributed by atoms with E-state index in [1.807, 2.05) is 25.1 Å². The van der Waals surface area contributed by atoms with Crippen LogP contribution in [-0.2, 0) is 11.2 Å². The Morgan fingerprint density at radius 1 is 1.33 bits per heavy atom. The Kier molecular flexibility index (Phi) is 3.43. The van der Waals surface area contributed by atoms with Gasteiger partial charge in [-0.3, -0.25) is 4.79 Å². The van der Waals surface area contributed by atoms with Gasteiger partial charge in [-0.2, -0.15) is 4.98 Å². The van der Waals surface area contributed by atoms with Crippen LogP contribution in [0.5, 0.6) is 11.6 Å². The summed E-state index contributed by atoms with van der Waals surface area (Å²) in [6.45, 7) is 1.90. The van der Waals surface area contributed by atoms with E-state index in [-0.39, 0.29) is 5.91 Å². The van der Waals surface area contributed by atoms with Gasteiger partial charge in [-0.25, -0.2) is 4.98 Å². The van der Waals surface area contributed by atoms with E-state index in [0.29, 0.717) is 24.0 Å². The summed E-state index contributed by atoms with van der Waals surface area (Å²) in [5.41, 5.74) is 2.79. The molecule has 0 saturated carbocycles. The van der Waals surface area contributed by atoms with Crippen LogP contribution in [0.3, 0.4) is 0 Å². The third kappa shape index (κ3) is 2.79. The first-order chi connectivity index (χ1) is 10.2. The Labute approximate surface area is 122 Å². The Hall–Kier alpha value is -2.63. The molecule has 1 aliphatic rings. The fraction of sp³-hybridized carbons (Fsp3) is 0.267. The smallest absolute Gasteiger partial charge is 0.226 e. The molecule has 1 amide bonds. The van der Waals surface area contributed by atoms with Crippen molar-refractivity contribution in [2.75, 3.05) is 17.7 Å². The highest BCUT2D eigenvalue weighted by Crippen LogP contribution is 2.30. The number of hydrogen-bond donors (Lipinski definition) is 2. The lowest BCUT2D eigenvalue weighted by atomic mass is 10.0. The number of aromatic nitrogens is 2. The molecule has 0 unspecified atom stereocenters. The molecule has 0 atom stereocenters. The minimum Gasteiger partial charge on any atom is -0.439 e. The summed E-state index contributed by atoms with van der Waals surface area (Å²) in [6.07, 6.45) is 2.95. The third-order valence-corrected chi connectivity index (χ3v) is 3.34. The second kappa shape index (κ2) is 5.40. The van der Waals surface area contributed by atoms with Crippen LogP contribution in [0.2, 0.25) is 0 Å². The normalized spacial score (nSPS) is 13.3. The van der Waals surface area contributed by atoms with Crippen LogP contribution in [0.4, 0.5) is 11.6 Å². The molecule has 6 nitrogen and oxygen atoms in total. The number of ether oxygens (including phenoxy) is 1. The van der Waals surface area contributed by atoms with Crippen molar-refractivity contribution in [3.05, 3.63) is 35.5 Å². The van der Waals surface area contributed by atoms with E-state index in [1.165, 1.54) is 0 Å². The van der Waals surface area contributed by atoms with Crippen molar-refractivity contribution in [1.29, 1.82) is 0 Å². The van der Waals surface area contributed by atoms with Gasteiger partial charge >= 0.3 is 0 Å². The molecule has 1 aromatic heterocycles. The van der Waals surface area contributed by atoms with Crippen molar-refractivity contribution in [2.45, 2.75) is 19.8 Å². The quantitative estimate of drug-likeness (QED) is 0.905. The maximum atomic E-state index is 11.4.